The van der Waals surface area contributed by atoms with E-state index in [0.29, 0.717) is 23.4 Å². The van der Waals surface area contributed by atoms with E-state index in [1.54, 1.807) is 19.1 Å². The molecule has 0 bridgehead atoms. The first-order chi connectivity index (χ1) is 12.9. The van der Waals surface area contributed by atoms with Crippen LogP contribution < -0.4 is 4.74 Å². The molecule has 0 saturated heterocycles. The van der Waals surface area contributed by atoms with Gasteiger partial charge in [0.15, 0.2) is 5.75 Å². The summed E-state index contributed by atoms with van der Waals surface area (Å²) in [4.78, 5) is 24.4. The lowest BCUT2D eigenvalue weighted by Crippen LogP contribution is -2.10. The molecule has 0 aliphatic carbocycles. The second-order valence-electron chi connectivity index (χ2n) is 6.04. The maximum Gasteiger partial charge on any atom is 0.333 e. The maximum atomic E-state index is 11.5. The zero-order chi connectivity index (χ0) is 19.4. The van der Waals surface area contributed by atoms with E-state index in [4.69, 9.17) is 9.47 Å². The lowest BCUT2D eigenvalue weighted by Gasteiger charge is -2.10. The van der Waals surface area contributed by atoms with Crippen molar-refractivity contribution < 1.29 is 19.1 Å². The van der Waals surface area contributed by atoms with Crippen molar-refractivity contribution in [2.75, 3.05) is 6.61 Å². The van der Waals surface area contributed by atoms with Gasteiger partial charge in [-0.3, -0.25) is 4.79 Å². The Bertz CT molecular complexity index is 990. The zero-order valence-corrected chi connectivity index (χ0v) is 15.1. The molecule has 0 amide bonds. The summed E-state index contributed by atoms with van der Waals surface area (Å²) in [6.45, 7) is 6.70. The van der Waals surface area contributed by atoms with E-state index in [1.165, 1.54) is 11.7 Å². The number of rotatable bonds is 6. The fourth-order valence-corrected chi connectivity index (χ4v) is 2.47. The van der Waals surface area contributed by atoms with Crippen LogP contribution in [0.2, 0.25) is 0 Å². The van der Waals surface area contributed by atoms with Crippen molar-refractivity contribution in [3.63, 3.8) is 0 Å². The second-order valence-corrected chi connectivity index (χ2v) is 6.04. The van der Waals surface area contributed by atoms with Crippen molar-refractivity contribution >= 4 is 23.0 Å². The SMILES string of the molecule is C=C(C)C(=O)OCCc1ccc(OC(C)=O)c(-n2nc3ccccc3n2)c1. The number of ether oxygens (including phenoxy) is 2. The van der Waals surface area contributed by atoms with Gasteiger partial charge in [-0.05, 0) is 36.8 Å². The Balaban J connectivity index is 1.90. The molecule has 0 aliphatic rings. The Kier molecular flexibility index (Phi) is 5.30. The number of benzene rings is 2. The highest BCUT2D eigenvalue weighted by Crippen LogP contribution is 2.25. The van der Waals surface area contributed by atoms with Crippen LogP contribution in [-0.2, 0) is 20.7 Å². The highest BCUT2D eigenvalue weighted by atomic mass is 16.5. The van der Waals surface area contributed by atoms with Crippen LogP contribution in [0.25, 0.3) is 16.7 Å². The normalized spacial score (nSPS) is 10.6. The number of hydrogen-bond acceptors (Lipinski definition) is 6. The molecule has 0 unspecified atom stereocenters. The van der Waals surface area contributed by atoms with Crippen LogP contribution in [0.5, 0.6) is 5.75 Å². The van der Waals surface area contributed by atoms with Crippen molar-refractivity contribution in [2.45, 2.75) is 20.3 Å². The number of fused-ring (bicyclic) bond motifs is 1. The van der Waals surface area contributed by atoms with Gasteiger partial charge >= 0.3 is 11.9 Å². The Morgan fingerprint density at radius 2 is 1.74 bits per heavy atom. The molecule has 0 fully saturated rings. The Hall–Kier alpha value is -3.48. The van der Waals surface area contributed by atoms with E-state index in [9.17, 15) is 9.59 Å². The zero-order valence-electron chi connectivity index (χ0n) is 15.1. The fourth-order valence-electron chi connectivity index (χ4n) is 2.47. The first-order valence-electron chi connectivity index (χ1n) is 8.40. The Labute approximate surface area is 156 Å². The van der Waals surface area contributed by atoms with E-state index in [-0.39, 0.29) is 6.61 Å². The molecule has 0 spiro atoms. The highest BCUT2D eigenvalue weighted by molar-refractivity contribution is 5.86. The van der Waals surface area contributed by atoms with Gasteiger partial charge in [0.05, 0.1) is 6.61 Å². The van der Waals surface area contributed by atoms with Crippen LogP contribution in [0.3, 0.4) is 0 Å². The molecule has 2 aromatic carbocycles. The van der Waals surface area contributed by atoms with Gasteiger partial charge in [-0.25, -0.2) is 4.79 Å². The third kappa shape index (κ3) is 4.38. The number of aromatic nitrogens is 3. The first-order valence-corrected chi connectivity index (χ1v) is 8.40. The van der Waals surface area contributed by atoms with Crippen molar-refractivity contribution in [3.05, 3.63) is 60.2 Å². The van der Waals surface area contributed by atoms with Gasteiger partial charge in [0.25, 0.3) is 0 Å². The Morgan fingerprint density at radius 1 is 1.07 bits per heavy atom. The monoisotopic (exact) mass is 365 g/mol. The number of esters is 2. The van der Waals surface area contributed by atoms with Crippen molar-refractivity contribution in [1.29, 1.82) is 0 Å². The first kappa shape index (κ1) is 18.3. The van der Waals surface area contributed by atoms with Gasteiger partial charge in [0.1, 0.15) is 16.7 Å². The van der Waals surface area contributed by atoms with Gasteiger partial charge in [-0.15, -0.1) is 15.0 Å². The molecular formula is C20H19N3O4. The van der Waals surface area contributed by atoms with Gasteiger partial charge < -0.3 is 9.47 Å². The molecule has 3 rings (SSSR count). The third-order valence-electron chi connectivity index (χ3n) is 3.75. The van der Waals surface area contributed by atoms with Crippen molar-refractivity contribution in [3.8, 4) is 11.4 Å². The summed E-state index contributed by atoms with van der Waals surface area (Å²) in [7, 11) is 0. The largest absolute Gasteiger partial charge is 0.462 e. The summed E-state index contributed by atoms with van der Waals surface area (Å²) in [5, 5.41) is 8.88. The number of carbonyl (C=O) groups is 2. The van der Waals surface area contributed by atoms with E-state index in [2.05, 4.69) is 16.8 Å². The number of hydrogen-bond donors (Lipinski definition) is 0. The second kappa shape index (κ2) is 7.82. The molecule has 7 nitrogen and oxygen atoms in total. The van der Waals surface area contributed by atoms with Crippen LogP contribution in [0, 0.1) is 0 Å². The lowest BCUT2D eigenvalue weighted by atomic mass is 10.1. The fraction of sp³-hybridized carbons (Fsp3) is 0.200. The van der Waals surface area contributed by atoms with Gasteiger partial charge in [-0.2, -0.15) is 0 Å². The summed E-state index contributed by atoms with van der Waals surface area (Å²) in [5.74, 6) is -0.506. The molecule has 0 N–H and O–H groups in total. The van der Waals surface area contributed by atoms with Crippen LogP contribution in [-0.4, -0.2) is 33.5 Å². The molecular weight excluding hydrogens is 346 g/mol. The van der Waals surface area contributed by atoms with E-state index < -0.39 is 11.9 Å². The smallest absolute Gasteiger partial charge is 0.333 e. The molecule has 138 valence electrons. The third-order valence-corrected chi connectivity index (χ3v) is 3.75. The lowest BCUT2D eigenvalue weighted by molar-refractivity contribution is -0.138. The predicted octanol–water partition coefficient (Wildman–Crippen LogP) is 3.01. The van der Waals surface area contributed by atoms with Crippen LogP contribution in [0.1, 0.15) is 19.4 Å². The molecule has 7 heteroatoms. The van der Waals surface area contributed by atoms with Crippen molar-refractivity contribution in [2.24, 2.45) is 0 Å². The highest BCUT2D eigenvalue weighted by Gasteiger charge is 2.13. The molecule has 1 heterocycles. The minimum atomic E-state index is -0.434. The van der Waals surface area contributed by atoms with Crippen molar-refractivity contribution in [1.82, 2.24) is 15.0 Å². The number of carbonyl (C=O) groups excluding carboxylic acids is 2. The summed E-state index contributed by atoms with van der Waals surface area (Å²) in [5.41, 5.74) is 3.23. The minimum absolute atomic E-state index is 0.215. The molecule has 1 aromatic heterocycles. The van der Waals surface area contributed by atoms with Crippen LogP contribution in [0.4, 0.5) is 0 Å². The van der Waals surface area contributed by atoms with Gasteiger partial charge in [-0.1, -0.05) is 24.8 Å². The van der Waals surface area contributed by atoms with Crippen LogP contribution >= 0.6 is 0 Å². The molecule has 27 heavy (non-hydrogen) atoms. The molecule has 0 radical (unpaired) electrons. The van der Waals surface area contributed by atoms with E-state index >= 15 is 0 Å². The molecule has 0 saturated carbocycles. The Morgan fingerprint density at radius 3 is 2.33 bits per heavy atom. The predicted molar refractivity (Wildman–Crippen MR) is 99.7 cm³/mol. The minimum Gasteiger partial charge on any atom is -0.462 e. The number of nitrogens with zero attached hydrogens (tertiary/aromatic N) is 3. The van der Waals surface area contributed by atoms with Crippen LogP contribution in [0.15, 0.2) is 54.6 Å². The topological polar surface area (TPSA) is 83.3 Å². The molecule has 0 aliphatic heterocycles. The molecule has 3 aromatic rings. The molecule has 0 atom stereocenters. The summed E-state index contributed by atoms with van der Waals surface area (Å²) < 4.78 is 10.4. The van der Waals surface area contributed by atoms with Gasteiger partial charge in [0.2, 0.25) is 0 Å². The van der Waals surface area contributed by atoms with E-state index in [0.717, 1.165) is 16.6 Å². The quantitative estimate of drug-likeness (QED) is 0.379. The summed E-state index contributed by atoms with van der Waals surface area (Å²) >= 11 is 0. The average Bonchev–Trinajstić information content (AvgIpc) is 3.06. The summed E-state index contributed by atoms with van der Waals surface area (Å²) in [6, 6.07) is 12.8. The standard InChI is InChI=1S/C20H19N3O4/c1-13(2)20(25)26-11-10-15-8-9-19(27-14(3)24)18(12-15)23-21-16-6-4-5-7-17(16)22-23/h4-9,12H,1,10-11H2,2-3H3. The average molecular weight is 365 g/mol. The van der Waals surface area contributed by atoms with E-state index in [1.807, 2.05) is 30.3 Å². The van der Waals surface area contributed by atoms with Gasteiger partial charge in [0, 0.05) is 18.9 Å². The maximum absolute atomic E-state index is 11.5. The summed E-state index contributed by atoms with van der Waals surface area (Å²) in [6.07, 6.45) is 0.493.